The van der Waals surface area contributed by atoms with Crippen LogP contribution < -0.4 is 10.2 Å². The minimum atomic E-state index is -0.873. The molecule has 3 rings (SSSR count). The first-order chi connectivity index (χ1) is 13.1. The van der Waals surface area contributed by atoms with Crippen LogP contribution in [0.3, 0.4) is 0 Å². The van der Waals surface area contributed by atoms with Crippen LogP contribution in [0.4, 0.5) is 11.4 Å². The predicted octanol–water partition coefficient (Wildman–Crippen LogP) is 2.89. The molecule has 1 saturated heterocycles. The van der Waals surface area contributed by atoms with Gasteiger partial charge in [0.05, 0.1) is 24.6 Å². The van der Waals surface area contributed by atoms with Gasteiger partial charge in [0.2, 0.25) is 11.8 Å². The second-order valence-corrected chi connectivity index (χ2v) is 7.45. The molecule has 1 saturated carbocycles. The fourth-order valence-electron chi connectivity index (χ4n) is 3.72. The van der Waals surface area contributed by atoms with Gasteiger partial charge in [0.15, 0.2) is 0 Å². The minimum Gasteiger partial charge on any atom is -0.378 e. The van der Waals surface area contributed by atoms with Crippen molar-refractivity contribution >= 4 is 23.2 Å². The van der Waals surface area contributed by atoms with Gasteiger partial charge in [-0.3, -0.25) is 9.59 Å². The van der Waals surface area contributed by atoms with E-state index in [2.05, 4.69) is 24.1 Å². The van der Waals surface area contributed by atoms with Crippen molar-refractivity contribution in [3.05, 3.63) is 24.3 Å². The molecular formula is C21H31N3O3. The van der Waals surface area contributed by atoms with Gasteiger partial charge in [0.1, 0.15) is 5.41 Å². The van der Waals surface area contributed by atoms with E-state index in [1.807, 2.05) is 29.2 Å². The highest BCUT2D eigenvalue weighted by molar-refractivity contribution is 6.13. The topological polar surface area (TPSA) is 61.9 Å². The second-order valence-electron chi connectivity index (χ2n) is 7.45. The lowest BCUT2D eigenvalue weighted by molar-refractivity contribution is -0.142. The van der Waals surface area contributed by atoms with Crippen LogP contribution in [0.2, 0.25) is 0 Å². The molecule has 2 aliphatic rings. The summed E-state index contributed by atoms with van der Waals surface area (Å²) >= 11 is 0. The molecule has 6 nitrogen and oxygen atoms in total. The van der Waals surface area contributed by atoms with Crippen molar-refractivity contribution < 1.29 is 14.3 Å². The lowest BCUT2D eigenvalue weighted by Crippen LogP contribution is -2.44. The molecule has 1 N–H and O–H groups in total. The quantitative estimate of drug-likeness (QED) is 0.712. The summed E-state index contributed by atoms with van der Waals surface area (Å²) < 4.78 is 5.43. The van der Waals surface area contributed by atoms with Gasteiger partial charge in [-0.1, -0.05) is 26.0 Å². The average molecular weight is 373 g/mol. The second kappa shape index (κ2) is 8.74. The monoisotopic (exact) mass is 373 g/mol. The number of nitrogens with one attached hydrogen (secondary N) is 1. The van der Waals surface area contributed by atoms with E-state index in [0.29, 0.717) is 39.1 Å². The van der Waals surface area contributed by atoms with Crippen molar-refractivity contribution in [3.63, 3.8) is 0 Å². The van der Waals surface area contributed by atoms with Gasteiger partial charge in [0, 0.05) is 26.2 Å². The summed E-state index contributed by atoms with van der Waals surface area (Å²) in [4.78, 5) is 30.2. The maximum Gasteiger partial charge on any atom is 0.240 e. The van der Waals surface area contributed by atoms with E-state index in [4.69, 9.17) is 4.74 Å². The summed E-state index contributed by atoms with van der Waals surface area (Å²) in [5.41, 5.74) is 0.903. The van der Waals surface area contributed by atoms with E-state index in [1.54, 1.807) is 0 Å². The van der Waals surface area contributed by atoms with Crippen molar-refractivity contribution in [2.75, 3.05) is 49.6 Å². The SMILES string of the molecule is CCCN(CCC)C(=O)C1(C(=O)Nc2ccccc2N2CCOCC2)CC1. The van der Waals surface area contributed by atoms with Gasteiger partial charge in [-0.15, -0.1) is 0 Å². The van der Waals surface area contributed by atoms with Gasteiger partial charge in [0.25, 0.3) is 0 Å². The van der Waals surface area contributed by atoms with Gasteiger partial charge >= 0.3 is 0 Å². The van der Waals surface area contributed by atoms with Crippen molar-refractivity contribution in [1.82, 2.24) is 4.90 Å². The Morgan fingerprint density at radius 3 is 2.33 bits per heavy atom. The van der Waals surface area contributed by atoms with Crippen LogP contribution in [0.15, 0.2) is 24.3 Å². The van der Waals surface area contributed by atoms with Crippen LogP contribution in [0.25, 0.3) is 0 Å². The van der Waals surface area contributed by atoms with E-state index in [-0.39, 0.29) is 11.8 Å². The summed E-state index contributed by atoms with van der Waals surface area (Å²) in [5.74, 6) is -0.169. The number of carbonyl (C=O) groups is 2. The highest BCUT2D eigenvalue weighted by atomic mass is 16.5. The van der Waals surface area contributed by atoms with Crippen LogP contribution in [0.5, 0.6) is 0 Å². The Morgan fingerprint density at radius 1 is 1.11 bits per heavy atom. The summed E-state index contributed by atoms with van der Waals surface area (Å²) in [6.07, 6.45) is 3.09. The number of nitrogens with zero attached hydrogens (tertiary/aromatic N) is 2. The first kappa shape index (κ1) is 19.7. The molecule has 1 aliphatic heterocycles. The smallest absolute Gasteiger partial charge is 0.240 e. The zero-order valence-electron chi connectivity index (χ0n) is 16.5. The fourth-order valence-corrected chi connectivity index (χ4v) is 3.72. The van der Waals surface area contributed by atoms with Gasteiger partial charge in [-0.05, 0) is 37.8 Å². The van der Waals surface area contributed by atoms with Crippen molar-refractivity contribution in [3.8, 4) is 0 Å². The van der Waals surface area contributed by atoms with Gasteiger partial charge < -0.3 is 19.9 Å². The largest absolute Gasteiger partial charge is 0.378 e. The molecule has 0 unspecified atom stereocenters. The number of anilines is 2. The molecule has 1 heterocycles. The molecule has 0 radical (unpaired) electrons. The van der Waals surface area contributed by atoms with Crippen LogP contribution >= 0.6 is 0 Å². The maximum absolute atomic E-state index is 13.1. The van der Waals surface area contributed by atoms with Crippen molar-refractivity contribution in [2.45, 2.75) is 39.5 Å². The van der Waals surface area contributed by atoms with Crippen LogP contribution in [0, 0.1) is 5.41 Å². The average Bonchev–Trinajstić information content (AvgIpc) is 3.50. The first-order valence-corrected chi connectivity index (χ1v) is 10.1. The number of para-hydroxylation sites is 2. The van der Waals surface area contributed by atoms with Gasteiger partial charge in [-0.25, -0.2) is 0 Å². The molecular weight excluding hydrogens is 342 g/mol. The Balaban J connectivity index is 1.74. The number of amides is 2. The van der Waals surface area contributed by atoms with Crippen LogP contribution in [-0.4, -0.2) is 56.1 Å². The summed E-state index contributed by atoms with van der Waals surface area (Å²) in [6, 6.07) is 7.83. The number of morpholine rings is 1. The summed E-state index contributed by atoms with van der Waals surface area (Å²) in [7, 11) is 0. The summed E-state index contributed by atoms with van der Waals surface area (Å²) in [6.45, 7) is 8.54. The molecule has 2 fully saturated rings. The van der Waals surface area contributed by atoms with E-state index in [9.17, 15) is 9.59 Å². The third-order valence-corrected chi connectivity index (χ3v) is 5.37. The van der Waals surface area contributed by atoms with Gasteiger partial charge in [-0.2, -0.15) is 0 Å². The highest BCUT2D eigenvalue weighted by Crippen LogP contribution is 2.48. The predicted molar refractivity (Wildman–Crippen MR) is 107 cm³/mol. The fraction of sp³-hybridized carbons (Fsp3) is 0.619. The lowest BCUT2D eigenvalue weighted by atomic mass is 10.0. The molecule has 6 heteroatoms. The maximum atomic E-state index is 13.1. The standard InChI is InChI=1S/C21H31N3O3/c1-3-11-24(12-4-2)20(26)21(9-10-21)19(25)22-17-7-5-6-8-18(17)23-13-15-27-16-14-23/h5-8H,3-4,9-16H2,1-2H3,(H,22,25). The molecule has 148 valence electrons. The summed E-state index contributed by atoms with van der Waals surface area (Å²) in [5, 5.41) is 3.06. The Kier molecular flexibility index (Phi) is 6.37. The molecule has 1 aromatic rings. The number of hydrogen-bond donors (Lipinski definition) is 1. The van der Waals surface area contributed by atoms with E-state index in [1.165, 1.54) is 0 Å². The van der Waals surface area contributed by atoms with Crippen molar-refractivity contribution in [2.24, 2.45) is 5.41 Å². The third kappa shape index (κ3) is 4.26. The Morgan fingerprint density at radius 2 is 1.74 bits per heavy atom. The van der Waals surface area contributed by atoms with Crippen molar-refractivity contribution in [1.29, 1.82) is 0 Å². The van der Waals surface area contributed by atoms with E-state index >= 15 is 0 Å². The minimum absolute atomic E-state index is 0.00689. The molecule has 0 aromatic heterocycles. The molecule has 0 spiro atoms. The number of carbonyl (C=O) groups excluding carboxylic acids is 2. The Bertz CT molecular complexity index is 660. The Labute approximate surface area is 161 Å². The molecule has 27 heavy (non-hydrogen) atoms. The number of hydrogen-bond acceptors (Lipinski definition) is 4. The normalized spacial score (nSPS) is 18.1. The highest BCUT2D eigenvalue weighted by Gasteiger charge is 2.57. The zero-order chi connectivity index (χ0) is 19.3. The molecule has 1 aromatic carbocycles. The van der Waals surface area contributed by atoms with E-state index < -0.39 is 5.41 Å². The van der Waals surface area contributed by atoms with E-state index in [0.717, 1.165) is 37.3 Å². The number of ether oxygens (including phenoxy) is 1. The molecule has 2 amide bonds. The third-order valence-electron chi connectivity index (χ3n) is 5.37. The molecule has 1 aliphatic carbocycles. The first-order valence-electron chi connectivity index (χ1n) is 10.1. The number of benzene rings is 1. The molecule has 0 bridgehead atoms. The molecule has 0 atom stereocenters. The Hall–Kier alpha value is -2.08. The zero-order valence-corrected chi connectivity index (χ0v) is 16.5. The van der Waals surface area contributed by atoms with Crippen LogP contribution in [-0.2, 0) is 14.3 Å². The lowest BCUT2D eigenvalue weighted by Gasteiger charge is -2.31. The van der Waals surface area contributed by atoms with Crippen LogP contribution in [0.1, 0.15) is 39.5 Å². The number of rotatable bonds is 8.